The molecule has 0 spiro atoms. The van der Waals surface area contributed by atoms with E-state index in [1.54, 1.807) is 24.4 Å². The van der Waals surface area contributed by atoms with Crippen molar-refractivity contribution in [3.8, 4) is 11.5 Å². The van der Waals surface area contributed by atoms with Crippen LogP contribution in [0.5, 0.6) is 11.5 Å². The molecule has 7 heteroatoms. The van der Waals surface area contributed by atoms with Crippen molar-refractivity contribution in [2.45, 2.75) is 20.1 Å². The van der Waals surface area contributed by atoms with E-state index < -0.39 is 0 Å². The molecule has 130 valence electrons. The summed E-state index contributed by atoms with van der Waals surface area (Å²) in [5, 5.41) is 7.56. The average molecular weight is 403 g/mol. The maximum absolute atomic E-state index is 6.10. The van der Waals surface area contributed by atoms with E-state index in [0.717, 1.165) is 15.6 Å². The van der Waals surface area contributed by atoms with Crippen molar-refractivity contribution in [3.63, 3.8) is 0 Å². The predicted molar refractivity (Wildman–Crippen MR) is 99.3 cm³/mol. The number of methoxy groups -OCH3 is 1. The summed E-state index contributed by atoms with van der Waals surface area (Å²) >= 11 is 3.59. The first-order chi connectivity index (χ1) is 12.2. The second kappa shape index (κ2) is 8.02. The Labute approximate surface area is 154 Å². The highest BCUT2D eigenvalue weighted by molar-refractivity contribution is 9.10. The highest BCUT2D eigenvalue weighted by Gasteiger charge is 2.15. The zero-order valence-electron chi connectivity index (χ0n) is 14.1. The lowest BCUT2D eigenvalue weighted by atomic mass is 10.1. The summed E-state index contributed by atoms with van der Waals surface area (Å²) < 4.78 is 14.2. The number of benzene rings is 2. The van der Waals surface area contributed by atoms with Gasteiger partial charge in [0.2, 0.25) is 0 Å². The Morgan fingerprint density at radius 2 is 1.80 bits per heavy atom. The van der Waals surface area contributed by atoms with Crippen LogP contribution in [0.2, 0.25) is 0 Å². The average Bonchev–Trinajstić information content (AvgIpc) is 3.14. The van der Waals surface area contributed by atoms with Crippen molar-refractivity contribution < 1.29 is 9.47 Å². The van der Waals surface area contributed by atoms with Gasteiger partial charge in [-0.05, 0) is 24.6 Å². The quantitative estimate of drug-likeness (QED) is 0.652. The van der Waals surface area contributed by atoms with Crippen molar-refractivity contribution in [2.24, 2.45) is 0 Å². The Morgan fingerprint density at radius 3 is 2.48 bits per heavy atom. The molecule has 0 amide bonds. The van der Waals surface area contributed by atoms with Crippen LogP contribution in [-0.4, -0.2) is 22.0 Å². The fraction of sp³-hybridized carbons (Fsp3) is 0.222. The number of ether oxygens (including phenoxy) is 2. The van der Waals surface area contributed by atoms with Crippen LogP contribution in [0.25, 0.3) is 0 Å². The Kier molecular flexibility index (Phi) is 5.55. The fourth-order valence-corrected chi connectivity index (χ4v) is 2.81. The van der Waals surface area contributed by atoms with Crippen LogP contribution in [0.4, 0.5) is 0 Å². The van der Waals surface area contributed by atoms with E-state index in [0.29, 0.717) is 24.7 Å². The Bertz CT molecular complexity index is 820. The lowest BCUT2D eigenvalue weighted by molar-refractivity contribution is 0.281. The molecule has 25 heavy (non-hydrogen) atoms. The molecule has 0 bridgehead atoms. The topological polar surface area (TPSA) is 61.2 Å². The van der Waals surface area contributed by atoms with Gasteiger partial charge in [0.25, 0.3) is 0 Å². The zero-order valence-corrected chi connectivity index (χ0v) is 15.7. The number of hydrogen-bond acceptors (Lipinski definition) is 5. The SMILES string of the molecule is COc1ccc(Br)c(CNn2cnnc2)c1OCc1ccc(C)cc1. The summed E-state index contributed by atoms with van der Waals surface area (Å²) in [4.78, 5) is 0. The number of aryl methyl sites for hydroxylation is 1. The van der Waals surface area contributed by atoms with Crippen molar-refractivity contribution in [1.82, 2.24) is 14.9 Å². The summed E-state index contributed by atoms with van der Waals surface area (Å²) in [7, 11) is 1.64. The van der Waals surface area contributed by atoms with E-state index in [2.05, 4.69) is 62.7 Å². The van der Waals surface area contributed by atoms with E-state index >= 15 is 0 Å². The Morgan fingerprint density at radius 1 is 1.08 bits per heavy atom. The fourth-order valence-electron chi connectivity index (χ4n) is 2.36. The first-order valence-electron chi connectivity index (χ1n) is 7.79. The second-order valence-corrected chi connectivity index (χ2v) is 6.39. The standard InChI is InChI=1S/C18H19BrN4O2/c1-13-3-5-14(6-4-13)10-25-18-15(9-22-23-11-20-21-12-23)16(19)7-8-17(18)24-2/h3-8,11-12,22H,9-10H2,1-2H3. The summed E-state index contributed by atoms with van der Waals surface area (Å²) in [6, 6.07) is 12.1. The molecular formula is C18H19BrN4O2. The van der Waals surface area contributed by atoms with Crippen LogP contribution in [-0.2, 0) is 13.2 Å². The van der Waals surface area contributed by atoms with Crippen LogP contribution in [0.15, 0.2) is 53.5 Å². The molecule has 2 aromatic carbocycles. The molecule has 0 aliphatic rings. The van der Waals surface area contributed by atoms with Gasteiger partial charge < -0.3 is 14.9 Å². The van der Waals surface area contributed by atoms with Gasteiger partial charge in [0.05, 0.1) is 13.7 Å². The molecule has 0 aliphatic carbocycles. The molecule has 1 aromatic heterocycles. The first kappa shape index (κ1) is 17.3. The molecule has 0 aliphatic heterocycles. The van der Waals surface area contributed by atoms with Gasteiger partial charge in [-0.1, -0.05) is 45.8 Å². The molecule has 0 saturated carbocycles. The third kappa shape index (κ3) is 4.30. The number of aromatic nitrogens is 3. The van der Waals surface area contributed by atoms with Crippen LogP contribution < -0.4 is 14.9 Å². The van der Waals surface area contributed by atoms with E-state index in [9.17, 15) is 0 Å². The molecule has 3 rings (SSSR count). The number of nitrogens with one attached hydrogen (secondary N) is 1. The monoisotopic (exact) mass is 402 g/mol. The maximum Gasteiger partial charge on any atom is 0.167 e. The van der Waals surface area contributed by atoms with Crippen molar-refractivity contribution >= 4 is 15.9 Å². The molecule has 1 heterocycles. The molecule has 6 nitrogen and oxygen atoms in total. The van der Waals surface area contributed by atoms with Crippen molar-refractivity contribution in [2.75, 3.05) is 12.5 Å². The first-order valence-corrected chi connectivity index (χ1v) is 8.59. The number of hydrogen-bond donors (Lipinski definition) is 1. The van der Waals surface area contributed by atoms with Gasteiger partial charge in [-0.15, -0.1) is 10.2 Å². The normalized spacial score (nSPS) is 10.5. The van der Waals surface area contributed by atoms with Gasteiger partial charge in [-0.25, -0.2) is 4.68 Å². The van der Waals surface area contributed by atoms with E-state index in [-0.39, 0.29) is 0 Å². The van der Waals surface area contributed by atoms with Crippen LogP contribution in [0.1, 0.15) is 16.7 Å². The van der Waals surface area contributed by atoms with Gasteiger partial charge in [0.1, 0.15) is 19.3 Å². The maximum atomic E-state index is 6.10. The molecule has 0 unspecified atom stereocenters. The Hall–Kier alpha value is -2.54. The third-order valence-electron chi connectivity index (χ3n) is 3.75. The largest absolute Gasteiger partial charge is 0.493 e. The van der Waals surface area contributed by atoms with Crippen molar-refractivity contribution in [1.29, 1.82) is 0 Å². The number of rotatable bonds is 7. The smallest absolute Gasteiger partial charge is 0.167 e. The number of halogens is 1. The molecule has 0 fully saturated rings. The minimum absolute atomic E-state index is 0.465. The van der Waals surface area contributed by atoms with E-state index in [1.165, 1.54) is 5.56 Å². The summed E-state index contributed by atoms with van der Waals surface area (Å²) in [6.45, 7) is 3.06. The third-order valence-corrected chi connectivity index (χ3v) is 4.49. The lowest BCUT2D eigenvalue weighted by Gasteiger charge is -2.17. The molecular weight excluding hydrogens is 384 g/mol. The lowest BCUT2D eigenvalue weighted by Crippen LogP contribution is -2.14. The summed E-state index contributed by atoms with van der Waals surface area (Å²) in [6.07, 6.45) is 3.20. The van der Waals surface area contributed by atoms with Gasteiger partial charge in [-0.2, -0.15) is 0 Å². The Balaban J connectivity index is 1.81. The second-order valence-electron chi connectivity index (χ2n) is 5.54. The predicted octanol–water partition coefficient (Wildman–Crippen LogP) is 3.68. The summed E-state index contributed by atoms with van der Waals surface area (Å²) in [5.74, 6) is 1.40. The molecule has 3 aromatic rings. The van der Waals surface area contributed by atoms with Gasteiger partial charge in [0, 0.05) is 10.0 Å². The van der Waals surface area contributed by atoms with Gasteiger partial charge in [-0.3, -0.25) is 0 Å². The van der Waals surface area contributed by atoms with Crippen LogP contribution >= 0.6 is 15.9 Å². The number of nitrogens with zero attached hydrogens (tertiary/aromatic N) is 3. The highest BCUT2D eigenvalue weighted by atomic mass is 79.9. The highest BCUT2D eigenvalue weighted by Crippen LogP contribution is 2.37. The van der Waals surface area contributed by atoms with E-state index in [4.69, 9.17) is 9.47 Å². The molecule has 1 N–H and O–H groups in total. The van der Waals surface area contributed by atoms with Gasteiger partial charge >= 0.3 is 0 Å². The van der Waals surface area contributed by atoms with Gasteiger partial charge in [0.15, 0.2) is 11.5 Å². The molecule has 0 radical (unpaired) electrons. The van der Waals surface area contributed by atoms with Crippen LogP contribution in [0.3, 0.4) is 0 Å². The molecule has 0 saturated heterocycles. The van der Waals surface area contributed by atoms with E-state index in [1.807, 2.05) is 12.1 Å². The van der Waals surface area contributed by atoms with Crippen molar-refractivity contribution in [3.05, 3.63) is 70.2 Å². The zero-order chi connectivity index (χ0) is 17.6. The van der Waals surface area contributed by atoms with Crippen LogP contribution in [0, 0.1) is 6.92 Å². The minimum atomic E-state index is 0.465. The minimum Gasteiger partial charge on any atom is -0.493 e. The molecule has 0 atom stereocenters. The summed E-state index contributed by atoms with van der Waals surface area (Å²) in [5.41, 5.74) is 6.49.